The Morgan fingerprint density at radius 2 is 1.22 bits per heavy atom. The zero-order valence-electron chi connectivity index (χ0n) is 19.3. The van der Waals surface area contributed by atoms with E-state index in [4.69, 9.17) is 9.40 Å². The van der Waals surface area contributed by atoms with Crippen LogP contribution >= 0.6 is 0 Å². The van der Waals surface area contributed by atoms with Crippen LogP contribution < -0.4 is 0 Å². The van der Waals surface area contributed by atoms with Gasteiger partial charge in [0.15, 0.2) is 0 Å². The Balaban J connectivity index is 1.55. The van der Waals surface area contributed by atoms with Gasteiger partial charge in [0.05, 0.1) is 22.3 Å². The fourth-order valence-electron chi connectivity index (χ4n) is 5.51. The number of nitrogens with zero attached hydrogens (tertiary/aromatic N) is 2. The summed E-state index contributed by atoms with van der Waals surface area (Å²) in [7, 11) is 0. The Morgan fingerprint density at radius 1 is 0.556 bits per heavy atom. The average molecular weight is 461 g/mol. The van der Waals surface area contributed by atoms with E-state index < -0.39 is 0 Å². The zero-order valence-corrected chi connectivity index (χ0v) is 19.3. The van der Waals surface area contributed by atoms with Crippen LogP contribution in [0.15, 0.2) is 126 Å². The van der Waals surface area contributed by atoms with Crippen molar-refractivity contribution >= 4 is 54.5 Å². The molecule has 0 N–H and O–H groups in total. The summed E-state index contributed by atoms with van der Waals surface area (Å²) >= 11 is 0. The van der Waals surface area contributed by atoms with Gasteiger partial charge in [-0.1, -0.05) is 91.0 Å². The number of para-hydroxylation sites is 2. The number of benzene rings is 6. The summed E-state index contributed by atoms with van der Waals surface area (Å²) in [6.45, 7) is 0. The van der Waals surface area contributed by atoms with E-state index in [0.717, 1.165) is 50.0 Å². The van der Waals surface area contributed by atoms with Crippen molar-refractivity contribution in [1.29, 1.82) is 0 Å². The van der Waals surface area contributed by atoms with E-state index in [2.05, 4.69) is 114 Å². The van der Waals surface area contributed by atoms with Crippen LogP contribution in [0.1, 0.15) is 0 Å². The zero-order chi connectivity index (χ0) is 23.6. The third-order valence-corrected chi connectivity index (χ3v) is 7.17. The Labute approximate surface area is 206 Å². The molecule has 3 heteroatoms. The van der Waals surface area contributed by atoms with Crippen LogP contribution in [-0.2, 0) is 0 Å². The lowest BCUT2D eigenvalue weighted by Gasteiger charge is -2.13. The van der Waals surface area contributed by atoms with Crippen LogP contribution in [0.5, 0.6) is 0 Å². The highest BCUT2D eigenvalue weighted by molar-refractivity contribution is 6.10. The fraction of sp³-hybridized carbons (Fsp3) is 0. The van der Waals surface area contributed by atoms with E-state index in [0.29, 0.717) is 0 Å². The summed E-state index contributed by atoms with van der Waals surface area (Å²) in [6.07, 6.45) is 0. The molecule has 0 unspecified atom stereocenters. The first kappa shape index (κ1) is 19.4. The maximum absolute atomic E-state index is 6.44. The van der Waals surface area contributed by atoms with E-state index >= 15 is 0 Å². The lowest BCUT2D eigenvalue weighted by atomic mass is 10.1. The standard InChI is InChI=1S/C33H20N2O/c1-2-11-23-20-30-28(19-22(23)10-1)34-33(35(30)29-17-7-12-21-9-3-4-13-24(21)29)27-16-8-15-26-25-14-5-6-18-31(25)36-32(26)27/h1-20H. The normalized spacial score (nSPS) is 11.9. The fourth-order valence-corrected chi connectivity index (χ4v) is 5.51. The van der Waals surface area contributed by atoms with E-state index in [9.17, 15) is 0 Å². The van der Waals surface area contributed by atoms with Crippen molar-refractivity contribution in [1.82, 2.24) is 9.55 Å². The van der Waals surface area contributed by atoms with Gasteiger partial charge in [-0.2, -0.15) is 0 Å². The van der Waals surface area contributed by atoms with Gasteiger partial charge in [0, 0.05) is 16.2 Å². The number of imidazole rings is 1. The first-order valence-electron chi connectivity index (χ1n) is 12.2. The van der Waals surface area contributed by atoms with Crippen LogP contribution in [0, 0.1) is 0 Å². The molecule has 36 heavy (non-hydrogen) atoms. The first-order valence-corrected chi connectivity index (χ1v) is 12.2. The summed E-state index contributed by atoms with van der Waals surface area (Å²) in [5, 5.41) is 6.98. The number of hydrogen-bond acceptors (Lipinski definition) is 2. The predicted molar refractivity (Wildman–Crippen MR) is 149 cm³/mol. The van der Waals surface area contributed by atoms with Crippen molar-refractivity contribution in [2.24, 2.45) is 0 Å². The molecule has 0 spiro atoms. The lowest BCUT2D eigenvalue weighted by Crippen LogP contribution is -1.99. The molecule has 0 amide bonds. The second kappa shape index (κ2) is 7.30. The highest BCUT2D eigenvalue weighted by Gasteiger charge is 2.21. The Bertz CT molecular complexity index is 2110. The predicted octanol–water partition coefficient (Wildman–Crippen LogP) is 8.90. The van der Waals surface area contributed by atoms with Gasteiger partial charge in [0.25, 0.3) is 0 Å². The monoisotopic (exact) mass is 460 g/mol. The molecule has 0 radical (unpaired) electrons. The molecule has 0 bridgehead atoms. The Kier molecular flexibility index (Phi) is 3.94. The minimum atomic E-state index is 0.861. The molecule has 8 aromatic rings. The highest BCUT2D eigenvalue weighted by atomic mass is 16.3. The van der Waals surface area contributed by atoms with Crippen LogP contribution in [0.4, 0.5) is 0 Å². The molecule has 6 aromatic carbocycles. The Hall–Kier alpha value is -4.89. The number of fused-ring (bicyclic) bond motifs is 6. The molecule has 168 valence electrons. The van der Waals surface area contributed by atoms with Crippen molar-refractivity contribution in [2.45, 2.75) is 0 Å². The summed E-state index contributed by atoms with van der Waals surface area (Å²) in [4.78, 5) is 5.24. The van der Waals surface area contributed by atoms with Gasteiger partial charge in [-0.05, 0) is 46.5 Å². The summed E-state index contributed by atoms with van der Waals surface area (Å²) in [5.74, 6) is 0.876. The third-order valence-electron chi connectivity index (χ3n) is 7.17. The molecule has 0 aliphatic heterocycles. The van der Waals surface area contributed by atoms with Crippen molar-refractivity contribution < 1.29 is 4.42 Å². The lowest BCUT2D eigenvalue weighted by molar-refractivity contribution is 0.669. The molecule has 0 aliphatic rings. The number of aromatic nitrogens is 2. The van der Waals surface area contributed by atoms with Gasteiger partial charge >= 0.3 is 0 Å². The maximum atomic E-state index is 6.44. The van der Waals surface area contributed by atoms with Crippen molar-refractivity contribution in [3.8, 4) is 17.1 Å². The highest BCUT2D eigenvalue weighted by Crippen LogP contribution is 2.39. The third kappa shape index (κ3) is 2.71. The second-order valence-corrected chi connectivity index (χ2v) is 9.24. The van der Waals surface area contributed by atoms with E-state index in [1.165, 1.54) is 21.5 Å². The molecule has 0 atom stereocenters. The first-order chi connectivity index (χ1) is 17.8. The summed E-state index contributed by atoms with van der Waals surface area (Å²) in [6, 6.07) is 42.5. The molecule has 0 saturated heterocycles. The maximum Gasteiger partial charge on any atom is 0.149 e. The molecule has 0 fully saturated rings. The number of rotatable bonds is 2. The largest absolute Gasteiger partial charge is 0.455 e. The quantitative estimate of drug-likeness (QED) is 0.258. The summed E-state index contributed by atoms with van der Waals surface area (Å²) < 4.78 is 8.73. The molecule has 0 saturated carbocycles. The topological polar surface area (TPSA) is 31.0 Å². The SMILES string of the molecule is c1ccc2cc3c(cc2c1)nc(-c1cccc2c1oc1ccccc12)n3-c1cccc2ccccc12. The molecular formula is C33H20N2O. The summed E-state index contributed by atoms with van der Waals surface area (Å²) in [5.41, 5.74) is 5.88. The van der Waals surface area contributed by atoms with E-state index in [1.807, 2.05) is 12.1 Å². The van der Waals surface area contributed by atoms with Gasteiger partial charge in [0.2, 0.25) is 0 Å². The second-order valence-electron chi connectivity index (χ2n) is 9.24. The minimum absolute atomic E-state index is 0.861. The van der Waals surface area contributed by atoms with E-state index in [-0.39, 0.29) is 0 Å². The van der Waals surface area contributed by atoms with Crippen molar-refractivity contribution in [2.75, 3.05) is 0 Å². The van der Waals surface area contributed by atoms with Crippen LogP contribution in [0.25, 0.3) is 71.6 Å². The Morgan fingerprint density at radius 3 is 2.11 bits per heavy atom. The molecule has 2 aromatic heterocycles. The van der Waals surface area contributed by atoms with Gasteiger partial charge in [-0.15, -0.1) is 0 Å². The smallest absolute Gasteiger partial charge is 0.149 e. The van der Waals surface area contributed by atoms with Crippen LogP contribution in [0.2, 0.25) is 0 Å². The van der Waals surface area contributed by atoms with Gasteiger partial charge in [-0.25, -0.2) is 4.98 Å². The van der Waals surface area contributed by atoms with Crippen LogP contribution in [-0.4, -0.2) is 9.55 Å². The van der Waals surface area contributed by atoms with E-state index in [1.54, 1.807) is 0 Å². The molecule has 3 nitrogen and oxygen atoms in total. The minimum Gasteiger partial charge on any atom is -0.455 e. The molecule has 0 aliphatic carbocycles. The molecule has 2 heterocycles. The van der Waals surface area contributed by atoms with Crippen molar-refractivity contribution in [3.05, 3.63) is 121 Å². The molecular weight excluding hydrogens is 440 g/mol. The van der Waals surface area contributed by atoms with Gasteiger partial charge in [-0.3, -0.25) is 4.57 Å². The average Bonchev–Trinajstić information content (AvgIpc) is 3.49. The molecule has 8 rings (SSSR count). The van der Waals surface area contributed by atoms with Gasteiger partial charge < -0.3 is 4.42 Å². The van der Waals surface area contributed by atoms with Gasteiger partial charge in [0.1, 0.15) is 17.0 Å². The number of furan rings is 1. The number of hydrogen-bond donors (Lipinski definition) is 0. The van der Waals surface area contributed by atoms with Crippen molar-refractivity contribution in [3.63, 3.8) is 0 Å². The van der Waals surface area contributed by atoms with Crippen LogP contribution in [0.3, 0.4) is 0 Å².